The number of pyridine rings is 1. The number of hydrogen-bond acceptors (Lipinski definition) is 7. The van der Waals surface area contributed by atoms with Gasteiger partial charge < -0.3 is 14.4 Å². The third kappa shape index (κ3) is 4.88. The molecule has 0 atom stereocenters. The minimum absolute atomic E-state index is 0.0305. The first kappa shape index (κ1) is 24.9. The van der Waals surface area contributed by atoms with Crippen molar-refractivity contribution >= 4 is 26.7 Å². The van der Waals surface area contributed by atoms with E-state index >= 15 is 8.78 Å². The molecule has 0 radical (unpaired) electrons. The van der Waals surface area contributed by atoms with Crippen LogP contribution in [0.3, 0.4) is 0 Å². The molecule has 38 heavy (non-hydrogen) atoms. The summed E-state index contributed by atoms with van der Waals surface area (Å²) in [6.45, 7) is 3.46. The van der Waals surface area contributed by atoms with Gasteiger partial charge in [-0.1, -0.05) is 6.07 Å². The summed E-state index contributed by atoms with van der Waals surface area (Å²) < 4.78 is 57.8. The average Bonchev–Trinajstić information content (AvgIpc) is 3.63. The third-order valence-corrected chi connectivity index (χ3v) is 9.01. The zero-order valence-electron chi connectivity index (χ0n) is 21.0. The fraction of sp³-hybridized carbons (Fsp3) is 0.370. The van der Waals surface area contributed by atoms with Crippen molar-refractivity contribution in [1.29, 1.82) is 0 Å². The van der Waals surface area contributed by atoms with Gasteiger partial charge >= 0.3 is 0 Å². The van der Waals surface area contributed by atoms with Gasteiger partial charge in [0.1, 0.15) is 23.6 Å². The van der Waals surface area contributed by atoms with Gasteiger partial charge in [0.25, 0.3) is 0 Å². The van der Waals surface area contributed by atoms with E-state index in [1.807, 2.05) is 6.07 Å². The topological polar surface area (TPSA) is 84.2 Å². The molecular formula is C27H28F2N6O2S. The standard InChI is InChI=1S/C27H28F2N6O2S/c1-33-8-10-34(11-9-33)24-7-6-23-26(32-24)21(20-12-30-17-31-13-20)14-35(23)27-22(28)5-4-19(25(27)29)16-38(36,37)15-18-2-3-18/h4-7,12-14,17-18H,2-3,8-11,15-16H2,1H3. The van der Waals surface area contributed by atoms with Gasteiger partial charge in [-0.05, 0) is 44.0 Å². The number of rotatable bonds is 7. The van der Waals surface area contributed by atoms with Crippen molar-refractivity contribution in [3.63, 3.8) is 0 Å². The summed E-state index contributed by atoms with van der Waals surface area (Å²) in [5, 5.41) is 0. The Morgan fingerprint density at radius 2 is 1.74 bits per heavy atom. The van der Waals surface area contributed by atoms with E-state index in [1.165, 1.54) is 17.0 Å². The molecule has 1 saturated heterocycles. The second-order valence-electron chi connectivity index (χ2n) is 10.2. The molecule has 3 aromatic heterocycles. The Balaban J connectivity index is 1.47. The summed E-state index contributed by atoms with van der Waals surface area (Å²) in [5.41, 5.74) is 1.96. The van der Waals surface area contributed by atoms with E-state index in [0.717, 1.165) is 50.9 Å². The first-order valence-electron chi connectivity index (χ1n) is 12.7. The molecule has 198 valence electrons. The Hall–Kier alpha value is -3.44. The van der Waals surface area contributed by atoms with Gasteiger partial charge in [-0.2, -0.15) is 0 Å². The van der Waals surface area contributed by atoms with Gasteiger partial charge in [-0.15, -0.1) is 0 Å². The summed E-state index contributed by atoms with van der Waals surface area (Å²) in [7, 11) is -1.44. The molecule has 4 heterocycles. The molecule has 4 aromatic rings. The predicted molar refractivity (Wildman–Crippen MR) is 142 cm³/mol. The second kappa shape index (κ2) is 9.70. The highest BCUT2D eigenvalue weighted by molar-refractivity contribution is 7.90. The highest BCUT2D eigenvalue weighted by Crippen LogP contribution is 2.36. The maximum Gasteiger partial charge on any atom is 0.154 e. The van der Waals surface area contributed by atoms with Crippen LogP contribution in [-0.4, -0.2) is 71.8 Å². The normalized spacial score (nSPS) is 16.9. The van der Waals surface area contributed by atoms with Gasteiger partial charge in [-0.3, -0.25) is 0 Å². The average molecular weight is 539 g/mol. The minimum atomic E-state index is -3.52. The first-order chi connectivity index (χ1) is 18.3. The molecule has 1 aliphatic heterocycles. The number of sulfone groups is 1. The number of halogens is 2. The summed E-state index contributed by atoms with van der Waals surface area (Å²) in [6, 6.07) is 6.01. The van der Waals surface area contributed by atoms with Crippen LogP contribution in [0.4, 0.5) is 14.6 Å². The molecule has 1 aliphatic carbocycles. The van der Waals surface area contributed by atoms with Crippen LogP contribution in [0.2, 0.25) is 0 Å². The van der Waals surface area contributed by atoms with Crippen molar-refractivity contribution in [3.05, 3.63) is 66.4 Å². The number of hydrogen-bond donors (Lipinski definition) is 0. The second-order valence-corrected chi connectivity index (χ2v) is 12.3. The lowest BCUT2D eigenvalue weighted by Crippen LogP contribution is -2.44. The van der Waals surface area contributed by atoms with E-state index in [0.29, 0.717) is 22.2 Å². The SMILES string of the molecule is CN1CCN(c2ccc3c(n2)c(-c2cncnc2)cn3-c2c(F)ccc(CS(=O)(=O)CC3CC3)c2F)CC1. The van der Waals surface area contributed by atoms with E-state index in [9.17, 15) is 8.42 Å². The maximum absolute atomic E-state index is 15.9. The van der Waals surface area contributed by atoms with Gasteiger partial charge in [-0.25, -0.2) is 32.2 Å². The maximum atomic E-state index is 15.9. The Bertz CT molecular complexity index is 1600. The minimum Gasteiger partial charge on any atom is -0.354 e. The lowest BCUT2D eigenvalue weighted by Gasteiger charge is -2.33. The number of piperazine rings is 1. The summed E-state index contributed by atoms with van der Waals surface area (Å²) in [5.74, 6) is -1.19. The lowest BCUT2D eigenvalue weighted by molar-refractivity contribution is 0.312. The monoisotopic (exact) mass is 538 g/mol. The fourth-order valence-electron chi connectivity index (χ4n) is 4.99. The Morgan fingerprint density at radius 3 is 2.45 bits per heavy atom. The van der Waals surface area contributed by atoms with Crippen LogP contribution in [0.1, 0.15) is 18.4 Å². The Labute approximate surface area is 219 Å². The van der Waals surface area contributed by atoms with Crippen LogP contribution < -0.4 is 4.90 Å². The van der Waals surface area contributed by atoms with Crippen molar-refractivity contribution in [2.75, 3.05) is 43.9 Å². The van der Waals surface area contributed by atoms with E-state index in [-0.39, 0.29) is 22.9 Å². The molecule has 11 heteroatoms. The number of aromatic nitrogens is 4. The van der Waals surface area contributed by atoms with Crippen molar-refractivity contribution in [2.24, 2.45) is 5.92 Å². The predicted octanol–water partition coefficient (Wildman–Crippen LogP) is 3.84. The highest BCUT2D eigenvalue weighted by Gasteiger charge is 2.30. The van der Waals surface area contributed by atoms with Crippen molar-refractivity contribution < 1.29 is 17.2 Å². The molecule has 0 bridgehead atoms. The van der Waals surface area contributed by atoms with Crippen LogP contribution in [0, 0.1) is 17.6 Å². The Morgan fingerprint density at radius 1 is 1.00 bits per heavy atom. The number of nitrogens with zero attached hydrogens (tertiary/aromatic N) is 6. The summed E-state index contributed by atoms with van der Waals surface area (Å²) in [6.07, 6.45) is 8.04. The molecule has 8 nitrogen and oxygen atoms in total. The molecule has 1 aromatic carbocycles. The molecule has 0 amide bonds. The van der Waals surface area contributed by atoms with E-state index in [2.05, 4.69) is 26.8 Å². The van der Waals surface area contributed by atoms with Crippen LogP contribution in [0.25, 0.3) is 27.8 Å². The van der Waals surface area contributed by atoms with E-state index in [4.69, 9.17) is 4.98 Å². The van der Waals surface area contributed by atoms with Crippen LogP contribution in [0.5, 0.6) is 0 Å². The molecular weight excluding hydrogens is 510 g/mol. The molecule has 0 unspecified atom stereocenters. The Kier molecular flexibility index (Phi) is 6.35. The largest absolute Gasteiger partial charge is 0.354 e. The molecule has 6 rings (SSSR count). The van der Waals surface area contributed by atoms with Crippen molar-refractivity contribution in [1.82, 2.24) is 24.4 Å². The fourth-order valence-corrected chi connectivity index (χ4v) is 6.86. The van der Waals surface area contributed by atoms with Crippen LogP contribution in [-0.2, 0) is 15.6 Å². The third-order valence-electron chi connectivity index (χ3n) is 7.28. The van der Waals surface area contributed by atoms with Crippen LogP contribution >= 0.6 is 0 Å². The number of anilines is 1. The molecule has 0 spiro atoms. The number of benzene rings is 1. The van der Waals surface area contributed by atoms with Gasteiger partial charge in [0.05, 0.1) is 22.5 Å². The van der Waals surface area contributed by atoms with Gasteiger partial charge in [0.15, 0.2) is 15.7 Å². The zero-order valence-corrected chi connectivity index (χ0v) is 21.8. The van der Waals surface area contributed by atoms with Gasteiger partial charge in [0, 0.05) is 61.5 Å². The molecule has 2 fully saturated rings. The summed E-state index contributed by atoms with van der Waals surface area (Å²) >= 11 is 0. The van der Waals surface area contributed by atoms with Crippen molar-refractivity contribution in [2.45, 2.75) is 18.6 Å². The molecule has 0 N–H and O–H groups in total. The number of fused-ring (bicyclic) bond motifs is 1. The zero-order chi connectivity index (χ0) is 26.4. The quantitative estimate of drug-likeness (QED) is 0.354. The van der Waals surface area contributed by atoms with Gasteiger partial charge in [0.2, 0.25) is 0 Å². The molecule has 1 saturated carbocycles. The smallest absolute Gasteiger partial charge is 0.154 e. The first-order valence-corrected chi connectivity index (χ1v) is 14.5. The lowest BCUT2D eigenvalue weighted by atomic mass is 10.1. The molecule has 2 aliphatic rings. The van der Waals surface area contributed by atoms with Crippen molar-refractivity contribution in [3.8, 4) is 16.8 Å². The van der Waals surface area contributed by atoms with E-state index in [1.54, 1.807) is 24.7 Å². The van der Waals surface area contributed by atoms with E-state index < -0.39 is 27.2 Å². The summed E-state index contributed by atoms with van der Waals surface area (Å²) in [4.78, 5) is 17.6. The van der Waals surface area contributed by atoms with Crippen LogP contribution in [0.15, 0.2) is 49.2 Å². The number of likely N-dealkylation sites (N-methyl/N-ethyl adjacent to an activating group) is 1. The highest BCUT2D eigenvalue weighted by atomic mass is 32.2.